The lowest BCUT2D eigenvalue weighted by molar-refractivity contribution is -0.116. The number of aliphatic imine (C=N–C) groups is 2. The Morgan fingerprint density at radius 1 is 1.17 bits per heavy atom. The first-order valence-corrected chi connectivity index (χ1v) is 13.6. The number of halogens is 2. The molecule has 0 aliphatic carbocycles. The summed E-state index contributed by atoms with van der Waals surface area (Å²) >= 11 is 0. The first kappa shape index (κ1) is 34.0. The summed E-state index contributed by atoms with van der Waals surface area (Å²) in [6.07, 6.45) is 1.50. The van der Waals surface area contributed by atoms with Crippen molar-refractivity contribution in [1.82, 2.24) is 15.2 Å². The summed E-state index contributed by atoms with van der Waals surface area (Å²) < 4.78 is 34.4. The van der Waals surface area contributed by atoms with Crippen molar-refractivity contribution in [2.75, 3.05) is 25.5 Å². The molecule has 0 saturated carbocycles. The Morgan fingerprint density at radius 2 is 1.86 bits per heavy atom. The number of nitrogens with one attached hydrogen (secondary N) is 2. The summed E-state index contributed by atoms with van der Waals surface area (Å²) in [5, 5.41) is 5.83. The van der Waals surface area contributed by atoms with Gasteiger partial charge in [0.1, 0.15) is 34.2 Å². The van der Waals surface area contributed by atoms with Crippen LogP contribution in [0, 0.1) is 5.82 Å². The van der Waals surface area contributed by atoms with E-state index in [0.717, 1.165) is 17.2 Å². The molecule has 3 rings (SSSR count). The molecular formula is C30H41F2N7O3. The Bertz CT molecular complexity index is 1350. The number of hydrogen-bond donors (Lipinski definition) is 3. The van der Waals surface area contributed by atoms with Gasteiger partial charge in [-0.1, -0.05) is 6.07 Å². The molecule has 0 atom stereocenters. The second kappa shape index (κ2) is 14.6. The van der Waals surface area contributed by atoms with E-state index in [0.29, 0.717) is 31.7 Å². The Morgan fingerprint density at radius 3 is 2.45 bits per heavy atom. The molecule has 0 bridgehead atoms. The van der Waals surface area contributed by atoms with Gasteiger partial charge in [-0.2, -0.15) is 0 Å². The number of carbonyl (C=O) groups is 2. The van der Waals surface area contributed by atoms with Crippen LogP contribution in [-0.2, 0) is 28.2 Å². The molecule has 1 aromatic heterocycles. The summed E-state index contributed by atoms with van der Waals surface area (Å²) in [5.41, 5.74) is 4.00. The lowest BCUT2D eigenvalue weighted by Gasteiger charge is -2.31. The molecular weight excluding hydrogens is 544 g/mol. The summed E-state index contributed by atoms with van der Waals surface area (Å²) in [6.45, 7) is 14.3. The molecule has 0 spiro atoms. The van der Waals surface area contributed by atoms with Crippen molar-refractivity contribution in [3.63, 3.8) is 0 Å². The Kier molecular flexibility index (Phi) is 11.8. The van der Waals surface area contributed by atoms with Crippen molar-refractivity contribution in [2.24, 2.45) is 15.7 Å². The van der Waals surface area contributed by atoms with Crippen molar-refractivity contribution in [3.8, 4) is 0 Å². The summed E-state index contributed by atoms with van der Waals surface area (Å²) in [4.78, 5) is 39.5. The van der Waals surface area contributed by atoms with E-state index in [1.54, 1.807) is 11.8 Å². The van der Waals surface area contributed by atoms with Gasteiger partial charge < -0.3 is 26.0 Å². The Balaban J connectivity index is 0.00000301. The topological polar surface area (TPSA) is 134 Å². The number of benzene rings is 1. The van der Waals surface area contributed by atoms with E-state index in [2.05, 4.69) is 38.1 Å². The molecule has 228 valence electrons. The molecule has 2 aromatic rings. The number of aromatic nitrogens is 1. The van der Waals surface area contributed by atoms with E-state index in [1.165, 1.54) is 33.2 Å². The molecule has 2 heterocycles. The minimum atomic E-state index is -2.05. The maximum absolute atomic E-state index is 14.6. The minimum Gasteiger partial charge on any atom is -0.444 e. The average Bonchev–Trinajstić information content (AvgIpc) is 2.91. The van der Waals surface area contributed by atoms with Crippen LogP contribution < -0.4 is 16.4 Å². The number of amides is 2. The van der Waals surface area contributed by atoms with Crippen LogP contribution in [0.15, 0.2) is 52.1 Å². The van der Waals surface area contributed by atoms with Crippen molar-refractivity contribution in [3.05, 3.63) is 64.7 Å². The fraction of sp³-hybridized carbons (Fsp3) is 0.433. The van der Waals surface area contributed by atoms with Crippen LogP contribution in [0.2, 0.25) is 0 Å². The van der Waals surface area contributed by atoms with E-state index in [4.69, 9.17) is 4.74 Å². The first-order chi connectivity index (χ1) is 19.7. The number of nitrogens with two attached hydrogens (primary N) is 1. The fourth-order valence-corrected chi connectivity index (χ4v) is 4.01. The average molecular weight is 586 g/mol. The number of hydrogen-bond acceptors (Lipinski definition) is 7. The van der Waals surface area contributed by atoms with Crippen molar-refractivity contribution >= 4 is 36.1 Å². The molecule has 0 unspecified atom stereocenters. The molecule has 12 heteroatoms. The standard InChI is InChI=1S/C29H36F2N6O3.CH5N/c1-8-33-26(38)21(16-32-7)25(36-23-12-11-22(30)24(35-23)29(5,6)31)34-20-10-9-18-13-14-37(17-19(18)15-20)27(39)40-28(2,3)4;1-2/h9-12,15-16H,7-8,13-14,17H2,1-6H3,(H,33,38)(H,34,35,36);2H2,1H3/b21-16+;. The number of ether oxygens (including phenoxy) is 1. The number of nitrogens with zero attached hydrogens (tertiary/aromatic N) is 4. The lowest BCUT2D eigenvalue weighted by Crippen LogP contribution is -2.39. The van der Waals surface area contributed by atoms with Crippen molar-refractivity contribution in [1.29, 1.82) is 0 Å². The maximum Gasteiger partial charge on any atom is 0.410 e. The number of rotatable bonds is 7. The third-order valence-corrected chi connectivity index (χ3v) is 5.81. The van der Waals surface area contributed by atoms with E-state index < -0.39 is 34.8 Å². The lowest BCUT2D eigenvalue weighted by atomic mass is 9.99. The number of likely N-dealkylation sites (N-methyl/N-ethyl adjacent to an activating group) is 1. The highest BCUT2D eigenvalue weighted by atomic mass is 19.1. The van der Waals surface area contributed by atoms with Gasteiger partial charge in [0.05, 0.1) is 0 Å². The highest BCUT2D eigenvalue weighted by Crippen LogP contribution is 2.28. The quantitative estimate of drug-likeness (QED) is 0.234. The monoisotopic (exact) mass is 585 g/mol. The van der Waals surface area contributed by atoms with E-state index in [-0.39, 0.29) is 17.2 Å². The highest BCUT2D eigenvalue weighted by Gasteiger charge is 2.27. The Hall–Kier alpha value is -4.19. The molecule has 42 heavy (non-hydrogen) atoms. The normalized spacial score (nSPS) is 13.8. The van der Waals surface area contributed by atoms with Gasteiger partial charge in [-0.15, -0.1) is 0 Å². The zero-order valence-electron chi connectivity index (χ0n) is 25.3. The third kappa shape index (κ3) is 9.44. The third-order valence-electron chi connectivity index (χ3n) is 5.81. The molecule has 2 amide bonds. The number of carbonyl (C=O) groups excluding carboxylic acids is 2. The predicted molar refractivity (Wildman–Crippen MR) is 162 cm³/mol. The molecule has 4 N–H and O–H groups in total. The number of fused-ring (bicyclic) bond motifs is 1. The SMILES string of the molecule is C=N/C=C(/C(=O)NCC)C(=Nc1ccc(F)c(C(C)(C)F)n1)Nc1ccc2c(c1)CN(C(=O)OC(C)(C)C)CC2.CN. The van der Waals surface area contributed by atoms with Gasteiger partial charge >= 0.3 is 6.09 Å². The molecule has 10 nitrogen and oxygen atoms in total. The minimum absolute atomic E-state index is 0.0158. The molecule has 0 saturated heterocycles. The van der Waals surface area contributed by atoms with Crippen LogP contribution in [0.3, 0.4) is 0 Å². The zero-order chi connectivity index (χ0) is 31.7. The zero-order valence-corrected chi connectivity index (χ0v) is 25.3. The van der Waals surface area contributed by atoms with Crippen LogP contribution in [0.25, 0.3) is 0 Å². The van der Waals surface area contributed by atoms with Gasteiger partial charge in [-0.3, -0.25) is 9.79 Å². The van der Waals surface area contributed by atoms with Gasteiger partial charge in [0.2, 0.25) is 0 Å². The molecule has 0 radical (unpaired) electrons. The number of alkyl halides is 1. The second-order valence-corrected chi connectivity index (χ2v) is 10.8. The van der Waals surface area contributed by atoms with Crippen LogP contribution in [0.4, 0.5) is 25.1 Å². The maximum atomic E-state index is 14.6. The number of amidine groups is 1. The smallest absolute Gasteiger partial charge is 0.410 e. The van der Waals surface area contributed by atoms with Crippen LogP contribution >= 0.6 is 0 Å². The summed E-state index contributed by atoms with van der Waals surface area (Å²) in [6, 6.07) is 7.97. The highest BCUT2D eigenvalue weighted by molar-refractivity contribution is 6.25. The van der Waals surface area contributed by atoms with E-state index in [9.17, 15) is 18.4 Å². The molecule has 0 fully saturated rings. The molecule has 1 aromatic carbocycles. The molecule has 1 aliphatic rings. The predicted octanol–water partition coefficient (Wildman–Crippen LogP) is 5.16. The molecule has 1 aliphatic heterocycles. The largest absolute Gasteiger partial charge is 0.444 e. The van der Waals surface area contributed by atoms with Crippen molar-refractivity contribution < 1.29 is 23.1 Å². The number of anilines is 1. The Labute approximate surface area is 246 Å². The van der Waals surface area contributed by atoms with Crippen molar-refractivity contribution in [2.45, 2.75) is 65.8 Å². The summed E-state index contributed by atoms with van der Waals surface area (Å²) in [5.74, 6) is -1.27. The van der Waals surface area contributed by atoms with E-state index in [1.807, 2.05) is 39.0 Å². The second-order valence-electron chi connectivity index (χ2n) is 10.8. The van der Waals surface area contributed by atoms with E-state index >= 15 is 0 Å². The number of pyridine rings is 1. The fourth-order valence-electron chi connectivity index (χ4n) is 4.01. The van der Waals surface area contributed by atoms with Crippen LogP contribution in [-0.4, -0.2) is 60.2 Å². The van der Waals surface area contributed by atoms with Gasteiger partial charge in [0.25, 0.3) is 5.91 Å². The van der Waals surface area contributed by atoms with Crippen LogP contribution in [0.5, 0.6) is 0 Å². The van der Waals surface area contributed by atoms with Crippen LogP contribution in [0.1, 0.15) is 58.4 Å². The van der Waals surface area contributed by atoms with Gasteiger partial charge in [0, 0.05) is 31.5 Å². The first-order valence-electron chi connectivity index (χ1n) is 13.6. The van der Waals surface area contributed by atoms with Gasteiger partial charge in [-0.25, -0.2) is 23.6 Å². The van der Waals surface area contributed by atoms with Gasteiger partial charge in [0.15, 0.2) is 5.82 Å². The summed E-state index contributed by atoms with van der Waals surface area (Å²) in [7, 11) is 1.50. The van der Waals surface area contributed by atoms with Gasteiger partial charge in [-0.05, 0) is 97.1 Å².